The minimum Gasteiger partial charge on any atom is -0.371 e. The number of piperidine rings is 1. The van der Waals surface area contributed by atoms with E-state index in [0.717, 1.165) is 42.2 Å². The molecule has 6 heteroatoms. The average molecular weight is 383 g/mol. The molecule has 0 radical (unpaired) electrons. The van der Waals surface area contributed by atoms with Crippen molar-refractivity contribution >= 4 is 28.2 Å². The number of hydrogen-bond acceptors (Lipinski definition) is 4. The van der Waals surface area contributed by atoms with E-state index in [1.807, 2.05) is 30.3 Å². The number of fused-ring (bicyclic) bond motifs is 1. The summed E-state index contributed by atoms with van der Waals surface area (Å²) in [7, 11) is 0. The molecule has 0 spiro atoms. The van der Waals surface area contributed by atoms with Crippen LogP contribution in [0.5, 0.6) is 0 Å². The van der Waals surface area contributed by atoms with Gasteiger partial charge in [0.1, 0.15) is 5.82 Å². The zero-order valence-electron chi connectivity index (χ0n) is 15.3. The maximum absolute atomic E-state index is 12.1. The van der Waals surface area contributed by atoms with Crippen LogP contribution >= 0.6 is 11.6 Å². The second-order valence-electron chi connectivity index (χ2n) is 7.33. The molecule has 1 aromatic heterocycles. The molecule has 5 nitrogen and oxygen atoms in total. The Balaban J connectivity index is 1.59. The smallest absolute Gasteiger partial charge is 0.258 e. The lowest BCUT2D eigenvalue weighted by Crippen LogP contribution is -2.46. The van der Waals surface area contributed by atoms with Gasteiger partial charge in [0.15, 0.2) is 0 Å². The summed E-state index contributed by atoms with van der Waals surface area (Å²) in [4.78, 5) is 21.6. The molecule has 1 saturated heterocycles. The fraction of sp³-hybridized carbons (Fsp3) is 0.333. The number of benzene rings is 2. The lowest BCUT2D eigenvalue weighted by atomic mass is 9.73. The number of nitrogens with one attached hydrogen (secondary N) is 1. The van der Waals surface area contributed by atoms with Crippen molar-refractivity contribution in [1.82, 2.24) is 9.97 Å². The first-order valence-electron chi connectivity index (χ1n) is 9.22. The summed E-state index contributed by atoms with van der Waals surface area (Å²) in [5.41, 5.74) is 9.20. The average Bonchev–Trinajstić information content (AvgIpc) is 2.68. The van der Waals surface area contributed by atoms with Gasteiger partial charge in [0.25, 0.3) is 5.56 Å². The zero-order chi connectivity index (χ0) is 19.0. The van der Waals surface area contributed by atoms with E-state index in [2.05, 4.69) is 27.0 Å². The van der Waals surface area contributed by atoms with Gasteiger partial charge in [-0.25, -0.2) is 4.98 Å². The van der Waals surface area contributed by atoms with Gasteiger partial charge in [-0.15, -0.1) is 0 Å². The third-order valence-electron chi connectivity index (χ3n) is 5.74. The van der Waals surface area contributed by atoms with E-state index < -0.39 is 0 Å². The largest absolute Gasteiger partial charge is 0.371 e. The SMILES string of the molecule is Cc1nc2cc(N3CCC(CN)(c4ccc(Cl)cc4)CC3)ccc2c(=O)[nH]1. The van der Waals surface area contributed by atoms with E-state index in [-0.39, 0.29) is 11.0 Å². The van der Waals surface area contributed by atoms with Crippen molar-refractivity contribution in [2.75, 3.05) is 24.5 Å². The molecule has 0 saturated carbocycles. The highest BCUT2D eigenvalue weighted by molar-refractivity contribution is 6.30. The number of aromatic amines is 1. The molecule has 0 atom stereocenters. The van der Waals surface area contributed by atoms with Gasteiger partial charge in [-0.05, 0) is 55.7 Å². The van der Waals surface area contributed by atoms with Gasteiger partial charge in [-0.3, -0.25) is 4.79 Å². The van der Waals surface area contributed by atoms with Crippen LogP contribution in [-0.2, 0) is 5.41 Å². The van der Waals surface area contributed by atoms with Crippen LogP contribution in [0.25, 0.3) is 10.9 Å². The molecule has 0 unspecified atom stereocenters. The summed E-state index contributed by atoms with van der Waals surface area (Å²) in [6.07, 6.45) is 1.95. The van der Waals surface area contributed by atoms with Crippen molar-refractivity contribution in [2.45, 2.75) is 25.2 Å². The number of aryl methyl sites for hydroxylation is 1. The molecule has 27 heavy (non-hydrogen) atoms. The first-order valence-corrected chi connectivity index (χ1v) is 9.60. The molecule has 1 aliphatic heterocycles. The summed E-state index contributed by atoms with van der Waals surface area (Å²) in [5.74, 6) is 0.633. The quantitative estimate of drug-likeness (QED) is 0.728. The second kappa shape index (κ2) is 6.98. The maximum Gasteiger partial charge on any atom is 0.258 e. The van der Waals surface area contributed by atoms with Gasteiger partial charge in [-0.1, -0.05) is 23.7 Å². The summed E-state index contributed by atoms with van der Waals surface area (Å²) < 4.78 is 0. The van der Waals surface area contributed by atoms with Crippen LogP contribution < -0.4 is 16.2 Å². The van der Waals surface area contributed by atoms with Gasteiger partial charge in [0, 0.05) is 35.8 Å². The number of H-pyrrole nitrogens is 1. The molecule has 0 bridgehead atoms. The summed E-state index contributed by atoms with van der Waals surface area (Å²) in [6, 6.07) is 14.0. The Labute approximate surface area is 163 Å². The predicted octanol–water partition coefficient (Wildman–Crippen LogP) is 3.38. The van der Waals surface area contributed by atoms with Crippen LogP contribution in [0.4, 0.5) is 5.69 Å². The third-order valence-corrected chi connectivity index (χ3v) is 5.99. The van der Waals surface area contributed by atoms with Crippen molar-refractivity contribution < 1.29 is 0 Å². The van der Waals surface area contributed by atoms with Gasteiger partial charge in [0.05, 0.1) is 10.9 Å². The Morgan fingerprint density at radius 1 is 1.19 bits per heavy atom. The van der Waals surface area contributed by atoms with E-state index in [4.69, 9.17) is 17.3 Å². The fourth-order valence-electron chi connectivity index (χ4n) is 4.05. The molecule has 3 aromatic rings. The monoisotopic (exact) mass is 382 g/mol. The Morgan fingerprint density at radius 3 is 2.56 bits per heavy atom. The molecule has 0 aliphatic carbocycles. The standard InChI is InChI=1S/C21H23ClN4O/c1-14-24-19-12-17(6-7-18(19)20(27)25-14)26-10-8-21(13-23,9-11-26)15-2-4-16(22)5-3-15/h2-7,12H,8-11,13,23H2,1H3,(H,24,25,27). The lowest BCUT2D eigenvalue weighted by Gasteiger charge is -2.42. The molecule has 140 valence electrons. The van der Waals surface area contributed by atoms with Gasteiger partial charge in [0.2, 0.25) is 0 Å². The highest BCUT2D eigenvalue weighted by Crippen LogP contribution is 2.36. The van der Waals surface area contributed by atoms with Gasteiger partial charge >= 0.3 is 0 Å². The molecular weight excluding hydrogens is 360 g/mol. The Bertz CT molecular complexity index is 1020. The third kappa shape index (κ3) is 3.33. The molecule has 0 amide bonds. The lowest BCUT2D eigenvalue weighted by molar-refractivity contribution is 0.340. The van der Waals surface area contributed by atoms with E-state index in [9.17, 15) is 4.79 Å². The van der Waals surface area contributed by atoms with E-state index in [1.165, 1.54) is 5.56 Å². The normalized spacial score (nSPS) is 16.6. The van der Waals surface area contributed by atoms with Crippen molar-refractivity contribution in [1.29, 1.82) is 0 Å². The van der Waals surface area contributed by atoms with Gasteiger partial charge < -0.3 is 15.6 Å². The summed E-state index contributed by atoms with van der Waals surface area (Å²) in [5, 5.41) is 1.37. The number of hydrogen-bond donors (Lipinski definition) is 2. The van der Waals surface area contributed by atoms with E-state index >= 15 is 0 Å². The molecule has 1 fully saturated rings. The fourth-order valence-corrected chi connectivity index (χ4v) is 4.17. The van der Waals surface area contributed by atoms with Crippen molar-refractivity contribution in [3.05, 3.63) is 69.2 Å². The second-order valence-corrected chi connectivity index (χ2v) is 7.77. The first-order chi connectivity index (χ1) is 13.0. The number of nitrogens with zero attached hydrogens (tertiary/aromatic N) is 2. The molecule has 1 aliphatic rings. The van der Waals surface area contributed by atoms with Crippen LogP contribution in [0.2, 0.25) is 5.02 Å². The number of nitrogens with two attached hydrogens (primary N) is 1. The molecule has 2 heterocycles. The Morgan fingerprint density at radius 2 is 1.89 bits per heavy atom. The van der Waals surface area contributed by atoms with Crippen molar-refractivity contribution in [2.24, 2.45) is 5.73 Å². The molecule has 2 aromatic carbocycles. The van der Waals surface area contributed by atoms with E-state index in [1.54, 1.807) is 6.92 Å². The molecule has 3 N–H and O–H groups in total. The zero-order valence-corrected chi connectivity index (χ0v) is 16.1. The highest BCUT2D eigenvalue weighted by Gasteiger charge is 2.35. The number of halogens is 1. The van der Waals surface area contributed by atoms with Crippen molar-refractivity contribution in [3.8, 4) is 0 Å². The van der Waals surface area contributed by atoms with Crippen LogP contribution in [0.3, 0.4) is 0 Å². The van der Waals surface area contributed by atoms with Crippen molar-refractivity contribution in [3.63, 3.8) is 0 Å². The van der Waals surface area contributed by atoms with Crippen LogP contribution in [0, 0.1) is 6.92 Å². The number of anilines is 1. The first kappa shape index (κ1) is 18.0. The Hall–Kier alpha value is -2.37. The maximum atomic E-state index is 12.1. The van der Waals surface area contributed by atoms with Crippen LogP contribution in [-0.4, -0.2) is 29.6 Å². The minimum absolute atomic E-state index is 0.01000. The topological polar surface area (TPSA) is 75.0 Å². The van der Waals surface area contributed by atoms with Gasteiger partial charge in [-0.2, -0.15) is 0 Å². The number of aromatic nitrogens is 2. The summed E-state index contributed by atoms with van der Waals surface area (Å²) >= 11 is 6.04. The Kier molecular flexibility index (Phi) is 4.66. The van der Waals surface area contributed by atoms with Crippen LogP contribution in [0.15, 0.2) is 47.3 Å². The predicted molar refractivity (Wildman–Crippen MR) is 111 cm³/mol. The van der Waals surface area contributed by atoms with E-state index in [0.29, 0.717) is 17.8 Å². The minimum atomic E-state index is -0.0902. The van der Waals surface area contributed by atoms with Crippen LogP contribution in [0.1, 0.15) is 24.2 Å². The number of rotatable bonds is 3. The summed E-state index contributed by atoms with van der Waals surface area (Å²) in [6.45, 7) is 4.24. The molecule has 4 rings (SSSR count). The highest BCUT2D eigenvalue weighted by atomic mass is 35.5. The molecular formula is C21H23ClN4O.